The van der Waals surface area contributed by atoms with Crippen molar-refractivity contribution in [2.45, 2.75) is 12.8 Å². The lowest BCUT2D eigenvalue weighted by atomic mass is 10.2. The second-order valence-electron chi connectivity index (χ2n) is 3.26. The number of Topliss-reactive ketones (excluding diaryl/α,β-unsaturated/α-hetero) is 1. The Labute approximate surface area is 94.2 Å². The lowest BCUT2D eigenvalue weighted by molar-refractivity contribution is -0.136. The van der Waals surface area contributed by atoms with Crippen LogP contribution in [0.3, 0.4) is 0 Å². The highest BCUT2D eigenvalue weighted by Crippen LogP contribution is 2.09. The molecule has 0 aromatic heterocycles. The Morgan fingerprint density at radius 1 is 1.12 bits per heavy atom. The fraction of sp³-hybridized carbons (Fsp3) is 0.333. The highest BCUT2D eigenvalue weighted by atomic mass is 16.5. The SMILES string of the molecule is COCC(=O)CCC(=O)Oc1ccccc1. The maximum atomic E-state index is 11.3. The first-order valence-corrected chi connectivity index (χ1v) is 4.98. The van der Waals surface area contributed by atoms with Gasteiger partial charge in [-0.2, -0.15) is 0 Å². The van der Waals surface area contributed by atoms with E-state index < -0.39 is 5.97 Å². The van der Waals surface area contributed by atoms with E-state index in [1.54, 1.807) is 24.3 Å². The summed E-state index contributed by atoms with van der Waals surface area (Å²) in [5, 5.41) is 0. The van der Waals surface area contributed by atoms with Gasteiger partial charge in [-0.05, 0) is 12.1 Å². The molecule has 0 radical (unpaired) electrons. The predicted molar refractivity (Wildman–Crippen MR) is 58.2 cm³/mol. The molecule has 0 aliphatic rings. The molecular formula is C12H14O4. The van der Waals surface area contributed by atoms with Gasteiger partial charge in [0.05, 0.1) is 6.42 Å². The lowest BCUT2D eigenvalue weighted by Gasteiger charge is -2.03. The van der Waals surface area contributed by atoms with Crippen LogP contribution in [0.5, 0.6) is 5.75 Å². The van der Waals surface area contributed by atoms with Crippen molar-refractivity contribution in [3.63, 3.8) is 0 Å². The largest absolute Gasteiger partial charge is 0.427 e. The van der Waals surface area contributed by atoms with Gasteiger partial charge in [0.1, 0.15) is 12.4 Å². The van der Waals surface area contributed by atoms with E-state index in [1.165, 1.54) is 7.11 Å². The summed E-state index contributed by atoms with van der Waals surface area (Å²) in [7, 11) is 1.44. The minimum Gasteiger partial charge on any atom is -0.427 e. The zero-order chi connectivity index (χ0) is 11.8. The van der Waals surface area contributed by atoms with E-state index >= 15 is 0 Å². The summed E-state index contributed by atoms with van der Waals surface area (Å²) in [5.74, 6) is -0.0187. The topological polar surface area (TPSA) is 52.6 Å². The molecule has 4 nitrogen and oxygen atoms in total. The molecule has 0 spiro atoms. The van der Waals surface area contributed by atoms with Crippen LogP contribution >= 0.6 is 0 Å². The lowest BCUT2D eigenvalue weighted by Crippen LogP contribution is -2.13. The molecule has 0 bridgehead atoms. The Bertz CT molecular complexity index is 345. The summed E-state index contributed by atoms with van der Waals surface area (Å²) in [4.78, 5) is 22.4. The van der Waals surface area contributed by atoms with Gasteiger partial charge in [-0.15, -0.1) is 0 Å². The van der Waals surface area contributed by atoms with Crippen molar-refractivity contribution in [1.29, 1.82) is 0 Å². The number of rotatable bonds is 6. The Hall–Kier alpha value is -1.68. The zero-order valence-electron chi connectivity index (χ0n) is 9.14. The number of esters is 1. The molecule has 0 heterocycles. The average molecular weight is 222 g/mol. The predicted octanol–water partition coefficient (Wildman–Crippen LogP) is 1.59. The van der Waals surface area contributed by atoms with E-state index in [0.29, 0.717) is 5.75 Å². The van der Waals surface area contributed by atoms with Crippen LogP contribution in [0.25, 0.3) is 0 Å². The highest BCUT2D eigenvalue weighted by molar-refractivity contribution is 5.84. The van der Waals surface area contributed by atoms with E-state index in [1.807, 2.05) is 6.07 Å². The molecule has 0 atom stereocenters. The van der Waals surface area contributed by atoms with Crippen LogP contribution in [0.15, 0.2) is 30.3 Å². The first-order valence-electron chi connectivity index (χ1n) is 4.98. The quantitative estimate of drug-likeness (QED) is 0.541. The number of benzene rings is 1. The Morgan fingerprint density at radius 2 is 1.81 bits per heavy atom. The number of ketones is 1. The molecule has 0 aliphatic carbocycles. The standard InChI is InChI=1S/C12H14O4/c1-15-9-10(13)7-8-12(14)16-11-5-3-2-4-6-11/h2-6H,7-9H2,1H3. The molecule has 0 aliphatic heterocycles. The van der Waals surface area contributed by atoms with E-state index in [0.717, 1.165) is 0 Å². The van der Waals surface area contributed by atoms with E-state index in [-0.39, 0.29) is 25.2 Å². The second kappa shape index (κ2) is 6.74. The molecule has 0 unspecified atom stereocenters. The molecule has 1 rings (SSSR count). The smallest absolute Gasteiger partial charge is 0.311 e. The van der Waals surface area contributed by atoms with Crippen molar-refractivity contribution in [3.8, 4) is 5.75 Å². The maximum absolute atomic E-state index is 11.3. The number of hydrogen-bond acceptors (Lipinski definition) is 4. The van der Waals surface area contributed by atoms with E-state index in [2.05, 4.69) is 4.74 Å². The van der Waals surface area contributed by atoms with Crippen molar-refractivity contribution in [1.82, 2.24) is 0 Å². The monoisotopic (exact) mass is 222 g/mol. The zero-order valence-corrected chi connectivity index (χ0v) is 9.14. The summed E-state index contributed by atoms with van der Waals surface area (Å²) in [6.45, 7) is 0.0403. The Balaban J connectivity index is 2.29. The molecule has 4 heteroatoms. The third-order valence-corrected chi connectivity index (χ3v) is 1.89. The van der Waals surface area contributed by atoms with Crippen LogP contribution in [-0.2, 0) is 14.3 Å². The van der Waals surface area contributed by atoms with Gasteiger partial charge in [0, 0.05) is 13.5 Å². The minimum absolute atomic E-state index is 0.0403. The average Bonchev–Trinajstić information content (AvgIpc) is 2.28. The van der Waals surface area contributed by atoms with Gasteiger partial charge in [-0.3, -0.25) is 9.59 Å². The first-order chi connectivity index (χ1) is 7.72. The van der Waals surface area contributed by atoms with Gasteiger partial charge < -0.3 is 9.47 Å². The third-order valence-electron chi connectivity index (χ3n) is 1.89. The minimum atomic E-state index is -0.407. The molecule has 0 saturated heterocycles. The van der Waals surface area contributed by atoms with Gasteiger partial charge in [-0.25, -0.2) is 0 Å². The molecule has 1 aromatic rings. The van der Waals surface area contributed by atoms with Crippen molar-refractivity contribution in [2.24, 2.45) is 0 Å². The van der Waals surface area contributed by atoms with Crippen molar-refractivity contribution >= 4 is 11.8 Å². The van der Waals surface area contributed by atoms with Crippen LogP contribution in [-0.4, -0.2) is 25.5 Å². The van der Waals surface area contributed by atoms with Crippen molar-refractivity contribution < 1.29 is 19.1 Å². The Morgan fingerprint density at radius 3 is 2.44 bits per heavy atom. The number of hydrogen-bond donors (Lipinski definition) is 0. The number of carbonyl (C=O) groups excluding carboxylic acids is 2. The molecule has 1 aromatic carbocycles. The first kappa shape index (κ1) is 12.4. The molecular weight excluding hydrogens is 208 g/mol. The van der Waals surface area contributed by atoms with Gasteiger partial charge in [-0.1, -0.05) is 18.2 Å². The van der Waals surface area contributed by atoms with Crippen LogP contribution < -0.4 is 4.74 Å². The normalized spacial score (nSPS) is 9.81. The van der Waals surface area contributed by atoms with Crippen LogP contribution in [0.1, 0.15) is 12.8 Å². The molecule has 16 heavy (non-hydrogen) atoms. The van der Waals surface area contributed by atoms with Gasteiger partial charge in [0.25, 0.3) is 0 Å². The molecule has 0 fully saturated rings. The number of ether oxygens (including phenoxy) is 2. The molecule has 86 valence electrons. The molecule has 0 N–H and O–H groups in total. The summed E-state index contributed by atoms with van der Waals surface area (Å²) >= 11 is 0. The van der Waals surface area contributed by atoms with Crippen LogP contribution in [0.2, 0.25) is 0 Å². The number of carbonyl (C=O) groups is 2. The fourth-order valence-electron chi connectivity index (χ4n) is 1.15. The summed E-state index contributed by atoms with van der Waals surface area (Å²) in [6.07, 6.45) is 0.233. The van der Waals surface area contributed by atoms with Crippen LogP contribution in [0.4, 0.5) is 0 Å². The number of methoxy groups -OCH3 is 1. The molecule has 0 saturated carbocycles. The Kier molecular flexibility index (Phi) is 5.22. The van der Waals surface area contributed by atoms with Gasteiger partial charge in [0.2, 0.25) is 0 Å². The summed E-state index contributed by atoms with van der Waals surface area (Å²) < 4.78 is 9.66. The molecule has 0 amide bonds. The second-order valence-corrected chi connectivity index (χ2v) is 3.26. The fourth-order valence-corrected chi connectivity index (χ4v) is 1.15. The van der Waals surface area contributed by atoms with Gasteiger partial charge in [0.15, 0.2) is 5.78 Å². The summed E-state index contributed by atoms with van der Waals surface area (Å²) in [5.41, 5.74) is 0. The van der Waals surface area contributed by atoms with E-state index in [9.17, 15) is 9.59 Å². The van der Waals surface area contributed by atoms with Gasteiger partial charge >= 0.3 is 5.97 Å². The van der Waals surface area contributed by atoms with Crippen molar-refractivity contribution in [3.05, 3.63) is 30.3 Å². The highest BCUT2D eigenvalue weighted by Gasteiger charge is 2.08. The summed E-state index contributed by atoms with van der Waals surface area (Å²) in [6, 6.07) is 8.76. The maximum Gasteiger partial charge on any atom is 0.311 e. The van der Waals surface area contributed by atoms with E-state index in [4.69, 9.17) is 4.74 Å². The number of para-hydroxylation sites is 1. The third kappa shape index (κ3) is 4.70. The van der Waals surface area contributed by atoms with Crippen LogP contribution in [0, 0.1) is 0 Å². The van der Waals surface area contributed by atoms with Crippen molar-refractivity contribution in [2.75, 3.05) is 13.7 Å².